The summed E-state index contributed by atoms with van der Waals surface area (Å²) in [5, 5.41) is 10.6. The lowest BCUT2D eigenvalue weighted by Crippen LogP contribution is -2.30. The van der Waals surface area contributed by atoms with Gasteiger partial charge in [0, 0.05) is 25.7 Å². The zero-order chi connectivity index (χ0) is 73.2. The van der Waals surface area contributed by atoms with Crippen molar-refractivity contribution in [2.75, 3.05) is 39.6 Å². The van der Waals surface area contributed by atoms with Crippen molar-refractivity contribution in [3.63, 3.8) is 0 Å². The maximum absolute atomic E-state index is 13.1. The largest absolute Gasteiger partial charge is 0.472 e. The molecule has 2 unspecified atom stereocenters. The molecule has 0 aliphatic carbocycles. The summed E-state index contributed by atoms with van der Waals surface area (Å²) in [4.78, 5) is 72.9. The average Bonchev–Trinajstić information content (AvgIpc) is 0.965. The Balaban J connectivity index is 5.39. The number of rotatable bonds is 75. The first-order valence-electron chi connectivity index (χ1n) is 39.8. The van der Waals surface area contributed by atoms with E-state index in [-0.39, 0.29) is 25.7 Å². The number of hydrogen-bond donors (Lipinski definition) is 3. The first-order valence-corrected chi connectivity index (χ1v) is 42.8. The van der Waals surface area contributed by atoms with Crippen molar-refractivity contribution in [3.05, 3.63) is 85.1 Å². The van der Waals surface area contributed by atoms with E-state index in [1.54, 1.807) is 0 Å². The van der Waals surface area contributed by atoms with E-state index < -0.39 is 97.5 Å². The van der Waals surface area contributed by atoms with Gasteiger partial charge in [-0.2, -0.15) is 0 Å². The Morgan fingerprint density at radius 1 is 0.280 bits per heavy atom. The Bertz CT molecular complexity index is 2230. The van der Waals surface area contributed by atoms with Crippen LogP contribution in [0.2, 0.25) is 0 Å². The fraction of sp³-hybridized carbons (Fsp3) is 0.778. The molecular weight excluding hydrogens is 1310 g/mol. The van der Waals surface area contributed by atoms with Crippen molar-refractivity contribution in [1.82, 2.24) is 0 Å². The van der Waals surface area contributed by atoms with E-state index in [1.807, 2.05) is 12.2 Å². The Kier molecular flexibility index (Phi) is 70.8. The highest BCUT2D eigenvalue weighted by molar-refractivity contribution is 7.47. The third-order valence-corrected chi connectivity index (χ3v) is 18.7. The van der Waals surface area contributed by atoms with Crippen molar-refractivity contribution in [2.45, 2.75) is 367 Å². The predicted molar refractivity (Wildman–Crippen MR) is 409 cm³/mol. The van der Waals surface area contributed by atoms with Crippen molar-refractivity contribution in [3.8, 4) is 0 Å². The molecule has 580 valence electrons. The Morgan fingerprint density at radius 2 is 0.500 bits per heavy atom. The molecule has 0 saturated carbocycles. The van der Waals surface area contributed by atoms with Crippen LogP contribution in [0, 0.1) is 0 Å². The third kappa shape index (κ3) is 72.6. The molecule has 0 bridgehead atoms. The van der Waals surface area contributed by atoms with Crippen LogP contribution in [0.1, 0.15) is 349 Å². The Morgan fingerprint density at radius 3 is 0.820 bits per heavy atom. The molecule has 0 rings (SSSR count). The van der Waals surface area contributed by atoms with Crippen LogP contribution in [0.4, 0.5) is 0 Å². The van der Waals surface area contributed by atoms with Gasteiger partial charge in [-0.15, -0.1) is 0 Å². The Hall–Kier alpha value is -3.76. The van der Waals surface area contributed by atoms with Gasteiger partial charge in [0.2, 0.25) is 0 Å². The van der Waals surface area contributed by atoms with Crippen LogP contribution >= 0.6 is 15.6 Å². The number of phosphoric acid groups is 2. The minimum Gasteiger partial charge on any atom is -0.462 e. The molecule has 17 nitrogen and oxygen atoms in total. The van der Waals surface area contributed by atoms with E-state index in [2.05, 4.69) is 101 Å². The quantitative estimate of drug-likeness (QED) is 0.0169. The molecule has 0 aromatic heterocycles. The number of aliphatic hydroxyl groups is 1. The molecule has 0 radical (unpaired) electrons. The summed E-state index contributed by atoms with van der Waals surface area (Å²) in [5.74, 6) is -2.24. The molecule has 0 aliphatic rings. The number of esters is 4. The lowest BCUT2D eigenvalue weighted by molar-refractivity contribution is -0.161. The minimum atomic E-state index is -4.98. The lowest BCUT2D eigenvalue weighted by atomic mass is 10.0. The van der Waals surface area contributed by atoms with Gasteiger partial charge >= 0.3 is 39.5 Å². The smallest absolute Gasteiger partial charge is 0.462 e. The molecule has 0 saturated heterocycles. The van der Waals surface area contributed by atoms with E-state index in [0.29, 0.717) is 32.1 Å². The number of carbonyl (C=O) groups excluding carboxylic acids is 4. The Labute approximate surface area is 608 Å². The second-order valence-corrected chi connectivity index (χ2v) is 29.6. The molecule has 19 heteroatoms. The normalized spacial score (nSPS) is 14.3. The second-order valence-electron chi connectivity index (χ2n) is 26.7. The molecule has 0 heterocycles. The molecule has 0 aliphatic heterocycles. The maximum atomic E-state index is 13.1. The van der Waals surface area contributed by atoms with Gasteiger partial charge in [-0.25, -0.2) is 9.13 Å². The molecule has 0 amide bonds. The predicted octanol–water partition coefficient (Wildman–Crippen LogP) is 23.0. The average molecular weight is 1450 g/mol. The topological polar surface area (TPSA) is 237 Å². The van der Waals surface area contributed by atoms with Crippen LogP contribution in [-0.2, 0) is 65.4 Å². The van der Waals surface area contributed by atoms with Gasteiger partial charge in [0.15, 0.2) is 12.2 Å². The van der Waals surface area contributed by atoms with E-state index in [4.69, 9.17) is 37.0 Å². The summed E-state index contributed by atoms with van der Waals surface area (Å²) in [6.07, 6.45) is 75.6. The van der Waals surface area contributed by atoms with Gasteiger partial charge in [-0.1, -0.05) is 286 Å². The van der Waals surface area contributed by atoms with Crippen molar-refractivity contribution in [1.29, 1.82) is 0 Å². The van der Waals surface area contributed by atoms with Gasteiger partial charge in [-0.05, 0) is 122 Å². The van der Waals surface area contributed by atoms with Crippen LogP contribution < -0.4 is 0 Å². The molecule has 0 spiro atoms. The molecular formula is C81H144O17P2. The number of phosphoric ester groups is 2. The zero-order valence-corrected chi connectivity index (χ0v) is 65.2. The minimum absolute atomic E-state index is 0.0829. The van der Waals surface area contributed by atoms with Gasteiger partial charge in [0.1, 0.15) is 19.3 Å². The summed E-state index contributed by atoms with van der Waals surface area (Å²) < 4.78 is 68.5. The van der Waals surface area contributed by atoms with Crippen LogP contribution in [0.5, 0.6) is 0 Å². The highest BCUT2D eigenvalue weighted by Gasteiger charge is 2.30. The van der Waals surface area contributed by atoms with Crippen molar-refractivity contribution >= 4 is 39.5 Å². The second kappa shape index (κ2) is 73.5. The van der Waals surface area contributed by atoms with E-state index >= 15 is 0 Å². The third-order valence-electron chi connectivity index (χ3n) is 16.8. The SMILES string of the molecule is CCCCC/C=C\C/C=C\C/C=C\C/C=C\CCCC(=O)OC[C@H](COP(=O)(O)OC[C@H](O)COP(=O)(O)OC[C@@H](COC(=O)CCCCCCC/C=C\C/C=C\CCCCC)OC(=O)CCCCCCC/C=C\CCCCCCCC)OC(=O)CCCCCCCCCCCCCCC. The number of carbonyl (C=O) groups is 4. The highest BCUT2D eigenvalue weighted by Crippen LogP contribution is 2.45. The molecule has 0 fully saturated rings. The van der Waals surface area contributed by atoms with E-state index in [0.717, 1.165) is 135 Å². The summed E-state index contributed by atoms with van der Waals surface area (Å²) >= 11 is 0. The standard InChI is InChI=1S/C81H144O17P2/c1-5-9-13-17-21-25-29-33-36-37-40-43-46-50-54-58-62-66-79(84)92-71-76(97-80(85)67-63-59-55-51-47-41-32-28-24-20-16-12-8-4)73-95-99(87,88)93-69-75(82)70-94-100(89,90)96-74-77(98-81(86)68-64-60-56-52-48-44-39-35-31-27-23-19-15-11-7-3)72-91-78(83)65-61-57-53-49-45-42-38-34-30-26-22-18-14-10-6-2/h21-22,25-26,33-36,38-40,43,50,54,75-77,82H,5-20,23-24,27-32,37,41-42,44-49,51-53,55-74H2,1-4H3,(H,87,88)(H,89,90)/b25-21-,26-22-,36-33-,38-34-,39-35-,43-40-,54-50-/t75-,76+,77+/m0/s1. The van der Waals surface area contributed by atoms with Gasteiger partial charge < -0.3 is 33.8 Å². The van der Waals surface area contributed by atoms with Crippen molar-refractivity contribution in [2.24, 2.45) is 0 Å². The summed E-state index contributed by atoms with van der Waals surface area (Å²) in [6, 6.07) is 0. The van der Waals surface area contributed by atoms with Gasteiger partial charge in [0.25, 0.3) is 0 Å². The first kappa shape index (κ1) is 96.2. The number of allylic oxidation sites excluding steroid dienone is 14. The van der Waals surface area contributed by atoms with Crippen LogP contribution in [0.25, 0.3) is 0 Å². The fourth-order valence-corrected chi connectivity index (χ4v) is 12.3. The summed E-state index contributed by atoms with van der Waals surface area (Å²) in [6.45, 7) is 4.77. The fourth-order valence-electron chi connectivity index (χ4n) is 10.7. The lowest BCUT2D eigenvalue weighted by Gasteiger charge is -2.21. The molecule has 3 N–H and O–H groups in total. The highest BCUT2D eigenvalue weighted by atomic mass is 31.2. The zero-order valence-electron chi connectivity index (χ0n) is 63.4. The van der Waals surface area contributed by atoms with Crippen LogP contribution in [0.15, 0.2) is 85.1 Å². The van der Waals surface area contributed by atoms with Crippen LogP contribution in [-0.4, -0.2) is 96.7 Å². The molecule has 100 heavy (non-hydrogen) atoms. The van der Waals surface area contributed by atoms with E-state index in [1.165, 1.54) is 128 Å². The summed E-state index contributed by atoms with van der Waals surface area (Å²) in [5.41, 5.74) is 0. The number of ether oxygens (including phenoxy) is 4. The number of unbranched alkanes of at least 4 members (excludes halogenated alkanes) is 35. The summed E-state index contributed by atoms with van der Waals surface area (Å²) in [7, 11) is -9.96. The maximum Gasteiger partial charge on any atom is 0.472 e. The number of aliphatic hydroxyl groups excluding tert-OH is 1. The molecule has 0 aromatic rings. The van der Waals surface area contributed by atoms with E-state index in [9.17, 15) is 43.2 Å². The van der Waals surface area contributed by atoms with Crippen molar-refractivity contribution < 1.29 is 80.2 Å². The molecule has 5 atom stereocenters. The monoisotopic (exact) mass is 1450 g/mol. The number of hydrogen-bond acceptors (Lipinski definition) is 15. The molecule has 0 aromatic carbocycles. The first-order chi connectivity index (χ1) is 48.7. The van der Waals surface area contributed by atoms with Crippen LogP contribution in [0.3, 0.4) is 0 Å². The van der Waals surface area contributed by atoms with Gasteiger partial charge in [-0.3, -0.25) is 37.3 Å². The van der Waals surface area contributed by atoms with Gasteiger partial charge in [0.05, 0.1) is 26.4 Å².